The molecule has 0 fully saturated rings. The molecule has 1 heterocycles. The van der Waals surface area contributed by atoms with Crippen LogP contribution in [-0.2, 0) is 0 Å². The summed E-state index contributed by atoms with van der Waals surface area (Å²) in [7, 11) is 1.52. The fourth-order valence-electron chi connectivity index (χ4n) is 1.66. The monoisotopic (exact) mass is 285 g/mol. The maximum atomic E-state index is 11.8. The smallest absolute Gasteiger partial charge is 0.323 e. The van der Waals surface area contributed by atoms with E-state index >= 15 is 0 Å². The van der Waals surface area contributed by atoms with Gasteiger partial charge in [0.1, 0.15) is 0 Å². The summed E-state index contributed by atoms with van der Waals surface area (Å²) in [5.41, 5.74) is 1.74. The van der Waals surface area contributed by atoms with Gasteiger partial charge < -0.3 is 15.4 Å². The molecule has 2 amide bonds. The van der Waals surface area contributed by atoms with E-state index in [9.17, 15) is 9.59 Å². The first-order valence-electron chi connectivity index (χ1n) is 6.27. The van der Waals surface area contributed by atoms with Crippen LogP contribution in [0.3, 0.4) is 0 Å². The van der Waals surface area contributed by atoms with Crippen LogP contribution in [0.5, 0.6) is 5.88 Å². The fourth-order valence-corrected chi connectivity index (χ4v) is 1.66. The third kappa shape index (κ3) is 4.04. The molecule has 0 saturated heterocycles. The van der Waals surface area contributed by atoms with Gasteiger partial charge in [-0.2, -0.15) is 0 Å². The van der Waals surface area contributed by atoms with Gasteiger partial charge in [0.15, 0.2) is 5.78 Å². The third-order valence-corrected chi connectivity index (χ3v) is 2.75. The van der Waals surface area contributed by atoms with Crippen LogP contribution < -0.4 is 15.4 Å². The van der Waals surface area contributed by atoms with E-state index in [0.717, 1.165) is 0 Å². The second-order valence-corrected chi connectivity index (χ2v) is 4.30. The average Bonchev–Trinajstić information content (AvgIpc) is 2.48. The molecule has 0 unspecified atom stereocenters. The predicted octanol–water partition coefficient (Wildman–Crippen LogP) is 2.94. The molecule has 0 aliphatic carbocycles. The van der Waals surface area contributed by atoms with Crippen molar-refractivity contribution in [2.75, 3.05) is 17.7 Å². The van der Waals surface area contributed by atoms with Gasteiger partial charge in [-0.25, -0.2) is 9.78 Å². The van der Waals surface area contributed by atoms with E-state index in [1.807, 2.05) is 0 Å². The summed E-state index contributed by atoms with van der Waals surface area (Å²) in [5.74, 6) is 0.455. The van der Waals surface area contributed by atoms with Crippen LogP contribution >= 0.6 is 0 Å². The van der Waals surface area contributed by atoms with Gasteiger partial charge >= 0.3 is 6.03 Å². The number of anilines is 2. The van der Waals surface area contributed by atoms with Crippen molar-refractivity contribution in [3.8, 4) is 5.88 Å². The van der Waals surface area contributed by atoms with E-state index in [-0.39, 0.29) is 5.78 Å². The van der Waals surface area contributed by atoms with Crippen molar-refractivity contribution < 1.29 is 14.3 Å². The van der Waals surface area contributed by atoms with E-state index < -0.39 is 6.03 Å². The topological polar surface area (TPSA) is 80.3 Å². The van der Waals surface area contributed by atoms with Crippen LogP contribution in [-0.4, -0.2) is 23.9 Å². The van der Waals surface area contributed by atoms with Gasteiger partial charge in [0, 0.05) is 17.3 Å². The molecular weight excluding hydrogens is 270 g/mol. The normalized spacial score (nSPS) is 9.81. The Balaban J connectivity index is 1.95. The summed E-state index contributed by atoms with van der Waals surface area (Å²) < 4.78 is 4.93. The number of methoxy groups -OCH3 is 1. The SMILES string of the molecule is COc1ccc(NC(=O)Nc2ccc(C(C)=O)cc2)cn1. The first kappa shape index (κ1) is 14.5. The molecule has 0 saturated carbocycles. The fraction of sp³-hybridized carbons (Fsp3) is 0.133. The lowest BCUT2D eigenvalue weighted by Crippen LogP contribution is -2.19. The number of carbonyl (C=O) groups excluding carboxylic acids is 2. The lowest BCUT2D eigenvalue weighted by Gasteiger charge is -2.08. The maximum Gasteiger partial charge on any atom is 0.323 e. The number of rotatable bonds is 4. The van der Waals surface area contributed by atoms with Crippen LogP contribution in [0.4, 0.5) is 16.2 Å². The highest BCUT2D eigenvalue weighted by atomic mass is 16.5. The summed E-state index contributed by atoms with van der Waals surface area (Å²) >= 11 is 0. The number of pyridine rings is 1. The minimum atomic E-state index is -0.391. The van der Waals surface area contributed by atoms with Gasteiger partial charge in [-0.3, -0.25) is 4.79 Å². The Labute approximate surface area is 122 Å². The van der Waals surface area contributed by atoms with E-state index in [2.05, 4.69) is 15.6 Å². The van der Waals surface area contributed by atoms with Crippen molar-refractivity contribution in [1.29, 1.82) is 0 Å². The number of aromatic nitrogens is 1. The number of amides is 2. The van der Waals surface area contributed by atoms with Crippen molar-refractivity contribution in [2.24, 2.45) is 0 Å². The number of nitrogens with one attached hydrogen (secondary N) is 2. The van der Waals surface area contributed by atoms with Crippen molar-refractivity contribution in [2.45, 2.75) is 6.92 Å². The van der Waals surface area contributed by atoms with E-state index in [1.54, 1.807) is 36.4 Å². The van der Waals surface area contributed by atoms with Gasteiger partial charge in [0.25, 0.3) is 0 Å². The summed E-state index contributed by atoms with van der Waals surface area (Å²) in [6.07, 6.45) is 1.50. The molecule has 0 aliphatic heterocycles. The molecular formula is C15H15N3O3. The van der Waals surface area contributed by atoms with Crippen molar-refractivity contribution in [1.82, 2.24) is 4.98 Å². The Morgan fingerprint density at radius 3 is 2.14 bits per heavy atom. The molecule has 6 heteroatoms. The summed E-state index contributed by atoms with van der Waals surface area (Å²) in [6.45, 7) is 1.49. The van der Waals surface area contributed by atoms with Gasteiger partial charge in [0.2, 0.25) is 5.88 Å². The lowest BCUT2D eigenvalue weighted by molar-refractivity contribution is 0.101. The standard InChI is InChI=1S/C15H15N3O3/c1-10(19)11-3-5-12(6-4-11)17-15(20)18-13-7-8-14(21-2)16-9-13/h3-9H,1-2H3,(H2,17,18,20). The van der Waals surface area contributed by atoms with Crippen LogP contribution in [0, 0.1) is 0 Å². The summed E-state index contributed by atoms with van der Waals surface area (Å²) in [6, 6.07) is 9.60. The minimum Gasteiger partial charge on any atom is -0.481 e. The molecule has 6 nitrogen and oxygen atoms in total. The van der Waals surface area contributed by atoms with E-state index in [0.29, 0.717) is 22.8 Å². The Morgan fingerprint density at radius 1 is 1.00 bits per heavy atom. The van der Waals surface area contributed by atoms with Crippen LogP contribution in [0.1, 0.15) is 17.3 Å². The summed E-state index contributed by atoms with van der Waals surface area (Å²) in [5, 5.41) is 5.31. The van der Waals surface area contributed by atoms with E-state index in [1.165, 1.54) is 20.2 Å². The molecule has 2 N–H and O–H groups in total. The third-order valence-electron chi connectivity index (χ3n) is 2.75. The molecule has 108 valence electrons. The van der Waals surface area contributed by atoms with Gasteiger partial charge in [-0.15, -0.1) is 0 Å². The zero-order valence-corrected chi connectivity index (χ0v) is 11.7. The second kappa shape index (κ2) is 6.51. The van der Waals surface area contributed by atoms with Gasteiger partial charge in [0.05, 0.1) is 19.0 Å². The number of benzene rings is 1. The highest BCUT2D eigenvalue weighted by Crippen LogP contribution is 2.13. The Morgan fingerprint density at radius 2 is 1.62 bits per heavy atom. The number of hydrogen-bond donors (Lipinski definition) is 2. The summed E-state index contributed by atoms with van der Waals surface area (Å²) in [4.78, 5) is 26.9. The number of nitrogens with zero attached hydrogens (tertiary/aromatic N) is 1. The highest BCUT2D eigenvalue weighted by molar-refractivity contribution is 6.00. The maximum absolute atomic E-state index is 11.8. The molecule has 1 aromatic heterocycles. The number of hydrogen-bond acceptors (Lipinski definition) is 4. The lowest BCUT2D eigenvalue weighted by atomic mass is 10.1. The van der Waals surface area contributed by atoms with Crippen molar-refractivity contribution >= 4 is 23.2 Å². The first-order valence-corrected chi connectivity index (χ1v) is 6.27. The van der Waals surface area contributed by atoms with Crippen molar-refractivity contribution in [3.63, 3.8) is 0 Å². The molecule has 2 rings (SSSR count). The molecule has 0 aliphatic rings. The average molecular weight is 285 g/mol. The number of urea groups is 1. The molecule has 0 radical (unpaired) electrons. The number of ether oxygens (including phenoxy) is 1. The van der Waals surface area contributed by atoms with Crippen LogP contribution in [0.15, 0.2) is 42.6 Å². The molecule has 0 spiro atoms. The quantitative estimate of drug-likeness (QED) is 0.846. The van der Waals surface area contributed by atoms with Gasteiger partial charge in [-0.1, -0.05) is 0 Å². The van der Waals surface area contributed by atoms with Crippen LogP contribution in [0.25, 0.3) is 0 Å². The highest BCUT2D eigenvalue weighted by Gasteiger charge is 2.04. The van der Waals surface area contributed by atoms with Crippen LogP contribution in [0.2, 0.25) is 0 Å². The zero-order valence-electron chi connectivity index (χ0n) is 11.7. The first-order chi connectivity index (χ1) is 10.1. The number of Topliss-reactive ketones (excluding diaryl/α,β-unsaturated/α-hetero) is 1. The largest absolute Gasteiger partial charge is 0.481 e. The zero-order chi connectivity index (χ0) is 15.2. The molecule has 21 heavy (non-hydrogen) atoms. The molecule has 0 atom stereocenters. The van der Waals surface area contributed by atoms with E-state index in [4.69, 9.17) is 4.74 Å². The Bertz CT molecular complexity index is 636. The second-order valence-electron chi connectivity index (χ2n) is 4.30. The molecule has 2 aromatic rings. The molecule has 0 bridgehead atoms. The Hall–Kier alpha value is -2.89. The minimum absolute atomic E-state index is 0.0182. The van der Waals surface area contributed by atoms with Gasteiger partial charge in [-0.05, 0) is 37.3 Å². The van der Waals surface area contributed by atoms with Crippen molar-refractivity contribution in [3.05, 3.63) is 48.2 Å². The number of ketones is 1. The predicted molar refractivity (Wildman–Crippen MR) is 79.9 cm³/mol. The number of carbonyl (C=O) groups is 2. The Kier molecular flexibility index (Phi) is 4.50. The molecule has 1 aromatic carbocycles.